The largest absolute Gasteiger partial charge is 0.373 e. The SMILES string of the molecule is Cn1nccc1C1=CCN(C(=O)CC2CN(C(=O)C3CCC3)C3(CCC3)CO2)C1. The highest BCUT2D eigenvalue weighted by Crippen LogP contribution is 2.43. The van der Waals surface area contributed by atoms with E-state index in [4.69, 9.17) is 4.74 Å². The molecule has 5 rings (SSSR count). The Kier molecular flexibility index (Phi) is 4.73. The topological polar surface area (TPSA) is 67.7 Å². The van der Waals surface area contributed by atoms with E-state index in [-0.39, 0.29) is 23.5 Å². The summed E-state index contributed by atoms with van der Waals surface area (Å²) in [5.41, 5.74) is 2.10. The second kappa shape index (κ2) is 7.27. The standard InChI is InChI=1S/C22H30N4O3/c1-24-19(6-10-23-24)17-7-11-25(13-17)20(27)12-18-14-26(21(28)16-4-2-5-16)22(15-29-18)8-3-9-22/h6-7,10,16,18H,2-5,8-9,11-15H2,1H3. The van der Waals surface area contributed by atoms with Crippen molar-refractivity contribution in [3.05, 3.63) is 24.0 Å². The third-order valence-corrected chi connectivity index (χ3v) is 7.38. The third kappa shape index (κ3) is 3.29. The van der Waals surface area contributed by atoms with Crippen molar-refractivity contribution in [1.82, 2.24) is 19.6 Å². The maximum Gasteiger partial charge on any atom is 0.226 e. The number of rotatable bonds is 4. The Labute approximate surface area is 171 Å². The summed E-state index contributed by atoms with van der Waals surface area (Å²) in [6.45, 7) is 2.39. The molecule has 0 aromatic carbocycles. The van der Waals surface area contributed by atoms with Crippen LogP contribution >= 0.6 is 0 Å². The van der Waals surface area contributed by atoms with E-state index in [1.807, 2.05) is 22.7 Å². The summed E-state index contributed by atoms with van der Waals surface area (Å²) in [5, 5.41) is 4.22. The van der Waals surface area contributed by atoms with E-state index in [1.165, 1.54) is 0 Å². The molecular weight excluding hydrogens is 368 g/mol. The van der Waals surface area contributed by atoms with Crippen LogP contribution in [0.3, 0.4) is 0 Å². The number of carbonyl (C=O) groups excluding carboxylic acids is 2. The summed E-state index contributed by atoms with van der Waals surface area (Å²) in [6, 6.07) is 1.98. The van der Waals surface area contributed by atoms with Gasteiger partial charge in [0.2, 0.25) is 11.8 Å². The van der Waals surface area contributed by atoms with Crippen molar-refractivity contribution in [3.63, 3.8) is 0 Å². The lowest BCUT2D eigenvalue weighted by molar-refractivity contribution is -0.179. The molecule has 1 aromatic rings. The lowest BCUT2D eigenvalue weighted by Crippen LogP contribution is -2.66. The first kappa shape index (κ1) is 18.9. The van der Waals surface area contributed by atoms with Crippen molar-refractivity contribution in [2.45, 2.75) is 56.6 Å². The van der Waals surface area contributed by atoms with Crippen LogP contribution in [0.2, 0.25) is 0 Å². The molecule has 156 valence electrons. The van der Waals surface area contributed by atoms with Crippen molar-refractivity contribution in [3.8, 4) is 0 Å². The van der Waals surface area contributed by atoms with Crippen molar-refractivity contribution >= 4 is 17.4 Å². The zero-order valence-corrected chi connectivity index (χ0v) is 17.2. The molecule has 2 amide bonds. The molecule has 0 N–H and O–H groups in total. The van der Waals surface area contributed by atoms with Crippen LogP contribution < -0.4 is 0 Å². The summed E-state index contributed by atoms with van der Waals surface area (Å²) >= 11 is 0. The number of hydrogen-bond donors (Lipinski definition) is 0. The molecule has 2 saturated carbocycles. The first-order chi connectivity index (χ1) is 14.1. The molecule has 4 aliphatic rings. The monoisotopic (exact) mass is 398 g/mol. The van der Waals surface area contributed by atoms with Gasteiger partial charge in [0.15, 0.2) is 0 Å². The van der Waals surface area contributed by atoms with Crippen LogP contribution in [0.15, 0.2) is 18.3 Å². The molecule has 2 aliphatic carbocycles. The van der Waals surface area contributed by atoms with Crippen molar-refractivity contribution in [1.29, 1.82) is 0 Å². The number of carbonyl (C=O) groups is 2. The van der Waals surface area contributed by atoms with Gasteiger partial charge in [-0.25, -0.2) is 0 Å². The predicted molar refractivity (Wildman–Crippen MR) is 108 cm³/mol. The third-order valence-electron chi connectivity index (χ3n) is 7.38. The van der Waals surface area contributed by atoms with Gasteiger partial charge in [-0.05, 0) is 43.7 Å². The Hall–Kier alpha value is -2.15. The van der Waals surface area contributed by atoms with Gasteiger partial charge in [0.05, 0.1) is 30.4 Å². The highest BCUT2D eigenvalue weighted by atomic mass is 16.5. The Morgan fingerprint density at radius 3 is 2.72 bits per heavy atom. The molecule has 2 aliphatic heterocycles. The van der Waals surface area contributed by atoms with Gasteiger partial charge < -0.3 is 14.5 Å². The number of hydrogen-bond acceptors (Lipinski definition) is 4. The van der Waals surface area contributed by atoms with E-state index < -0.39 is 0 Å². The molecule has 0 radical (unpaired) electrons. The van der Waals surface area contributed by atoms with E-state index in [9.17, 15) is 9.59 Å². The van der Waals surface area contributed by atoms with Crippen LogP contribution in [-0.4, -0.2) is 69.3 Å². The second-order valence-corrected chi connectivity index (χ2v) is 9.14. The minimum atomic E-state index is -0.196. The van der Waals surface area contributed by atoms with Gasteiger partial charge in [-0.15, -0.1) is 0 Å². The molecule has 0 bridgehead atoms. The maximum absolute atomic E-state index is 13.0. The minimum absolute atomic E-state index is 0.0892. The predicted octanol–water partition coefficient (Wildman–Crippen LogP) is 1.99. The van der Waals surface area contributed by atoms with Gasteiger partial charge in [0.1, 0.15) is 0 Å². The normalized spacial score (nSPS) is 26.2. The lowest BCUT2D eigenvalue weighted by Gasteiger charge is -2.55. The Morgan fingerprint density at radius 1 is 1.28 bits per heavy atom. The molecule has 1 unspecified atom stereocenters. The highest BCUT2D eigenvalue weighted by Gasteiger charge is 2.50. The lowest BCUT2D eigenvalue weighted by atomic mass is 9.73. The number of aryl methyl sites for hydroxylation is 1. The van der Waals surface area contributed by atoms with Gasteiger partial charge >= 0.3 is 0 Å². The average Bonchev–Trinajstić information content (AvgIpc) is 3.27. The number of ether oxygens (including phenoxy) is 1. The van der Waals surface area contributed by atoms with Crippen LogP contribution in [-0.2, 0) is 21.4 Å². The Balaban J connectivity index is 1.20. The van der Waals surface area contributed by atoms with Gasteiger partial charge in [-0.3, -0.25) is 14.3 Å². The van der Waals surface area contributed by atoms with Crippen molar-refractivity contribution in [2.24, 2.45) is 13.0 Å². The van der Waals surface area contributed by atoms with E-state index in [2.05, 4.69) is 16.1 Å². The Morgan fingerprint density at radius 2 is 2.10 bits per heavy atom. The van der Waals surface area contributed by atoms with Crippen LogP contribution in [0, 0.1) is 5.92 Å². The van der Waals surface area contributed by atoms with Crippen molar-refractivity contribution < 1.29 is 14.3 Å². The van der Waals surface area contributed by atoms with E-state index >= 15 is 0 Å². The van der Waals surface area contributed by atoms with Gasteiger partial charge in [-0.1, -0.05) is 12.5 Å². The zero-order valence-electron chi connectivity index (χ0n) is 17.2. The number of amides is 2. The second-order valence-electron chi connectivity index (χ2n) is 9.14. The molecule has 1 aromatic heterocycles. The van der Waals surface area contributed by atoms with Crippen LogP contribution in [0.5, 0.6) is 0 Å². The quantitative estimate of drug-likeness (QED) is 0.778. The van der Waals surface area contributed by atoms with Gasteiger partial charge in [0, 0.05) is 38.8 Å². The summed E-state index contributed by atoms with van der Waals surface area (Å²) < 4.78 is 7.96. The summed E-state index contributed by atoms with van der Waals surface area (Å²) in [7, 11) is 1.92. The molecule has 1 saturated heterocycles. The average molecular weight is 399 g/mol. The minimum Gasteiger partial charge on any atom is -0.373 e. The van der Waals surface area contributed by atoms with E-state index in [0.717, 1.165) is 49.8 Å². The molecule has 7 nitrogen and oxygen atoms in total. The smallest absolute Gasteiger partial charge is 0.226 e. The fraction of sp³-hybridized carbons (Fsp3) is 0.682. The molecule has 29 heavy (non-hydrogen) atoms. The fourth-order valence-corrected chi connectivity index (χ4v) is 5.07. The molecule has 1 spiro atoms. The van der Waals surface area contributed by atoms with E-state index in [0.29, 0.717) is 38.6 Å². The number of aromatic nitrogens is 2. The van der Waals surface area contributed by atoms with Gasteiger partial charge in [-0.2, -0.15) is 5.10 Å². The zero-order chi connectivity index (χ0) is 20.0. The van der Waals surface area contributed by atoms with Crippen LogP contribution in [0.1, 0.15) is 50.6 Å². The van der Waals surface area contributed by atoms with Crippen LogP contribution in [0.4, 0.5) is 0 Å². The molecule has 1 atom stereocenters. The molecule has 7 heteroatoms. The number of morpholine rings is 1. The molecule has 3 fully saturated rings. The number of nitrogens with zero attached hydrogens (tertiary/aromatic N) is 4. The van der Waals surface area contributed by atoms with Crippen LogP contribution in [0.25, 0.3) is 5.57 Å². The molecular formula is C22H30N4O3. The maximum atomic E-state index is 13.0. The van der Waals surface area contributed by atoms with Crippen molar-refractivity contribution in [2.75, 3.05) is 26.2 Å². The first-order valence-electron chi connectivity index (χ1n) is 10.9. The van der Waals surface area contributed by atoms with E-state index in [1.54, 1.807) is 6.20 Å². The van der Waals surface area contributed by atoms with Gasteiger partial charge in [0.25, 0.3) is 0 Å². The molecule has 3 heterocycles. The summed E-state index contributed by atoms with van der Waals surface area (Å²) in [6.07, 6.45) is 10.5. The summed E-state index contributed by atoms with van der Waals surface area (Å²) in [4.78, 5) is 29.9. The summed E-state index contributed by atoms with van der Waals surface area (Å²) in [5.74, 6) is 0.605. The fourth-order valence-electron chi connectivity index (χ4n) is 5.07. The first-order valence-corrected chi connectivity index (χ1v) is 10.9. The Bertz CT molecular complexity index is 837. The highest BCUT2D eigenvalue weighted by molar-refractivity contribution is 5.83.